The molecule has 0 bridgehead atoms. The van der Waals surface area contributed by atoms with Gasteiger partial charge >= 0.3 is 0 Å². The number of nitrogens with one attached hydrogen (secondary N) is 1. The topological polar surface area (TPSA) is 67.6 Å². The van der Waals surface area contributed by atoms with Crippen molar-refractivity contribution in [3.63, 3.8) is 0 Å². The molecular formula is C16H31N3O2. The minimum absolute atomic E-state index is 0.0197. The number of hydrogen-bond donors (Lipinski definition) is 2. The minimum atomic E-state index is -0.0197. The van der Waals surface area contributed by atoms with Crippen molar-refractivity contribution in [2.45, 2.75) is 57.5 Å². The van der Waals surface area contributed by atoms with Gasteiger partial charge in [0.2, 0.25) is 5.91 Å². The smallest absolute Gasteiger partial charge is 0.220 e. The summed E-state index contributed by atoms with van der Waals surface area (Å²) in [7, 11) is 0. The Bertz CT molecular complexity index is 340. The lowest BCUT2D eigenvalue weighted by Gasteiger charge is -2.41. The Kier molecular flexibility index (Phi) is 6.02. The lowest BCUT2D eigenvalue weighted by molar-refractivity contribution is -0.123. The summed E-state index contributed by atoms with van der Waals surface area (Å²) < 4.78 is 5.39. The molecule has 2 atom stereocenters. The predicted octanol–water partition coefficient (Wildman–Crippen LogP) is 1.12. The molecule has 1 saturated heterocycles. The summed E-state index contributed by atoms with van der Waals surface area (Å²) in [5.74, 6) is 0.518. The molecule has 2 fully saturated rings. The fourth-order valence-electron chi connectivity index (χ4n) is 3.40. The Balaban J connectivity index is 1.74. The zero-order valence-corrected chi connectivity index (χ0v) is 13.6. The minimum Gasteiger partial charge on any atom is -0.379 e. The molecule has 3 N–H and O–H groups in total. The van der Waals surface area contributed by atoms with Crippen molar-refractivity contribution in [2.24, 2.45) is 11.7 Å². The van der Waals surface area contributed by atoms with Crippen LogP contribution < -0.4 is 11.1 Å². The van der Waals surface area contributed by atoms with E-state index in [9.17, 15) is 4.79 Å². The predicted molar refractivity (Wildman–Crippen MR) is 84.0 cm³/mol. The third-order valence-electron chi connectivity index (χ3n) is 5.00. The fourth-order valence-corrected chi connectivity index (χ4v) is 3.40. The molecule has 0 aromatic carbocycles. The van der Waals surface area contributed by atoms with E-state index in [1.807, 2.05) is 0 Å². The molecule has 21 heavy (non-hydrogen) atoms. The Morgan fingerprint density at radius 2 is 1.95 bits per heavy atom. The number of carbonyl (C=O) groups excluding carboxylic acids is 1. The highest BCUT2D eigenvalue weighted by Crippen LogP contribution is 2.25. The number of amides is 1. The van der Waals surface area contributed by atoms with Crippen LogP contribution in [0.5, 0.6) is 0 Å². The SMILES string of the molecule is CC(C)(CNC(=O)CC1CCCCC1N)N1CCOCC1. The zero-order chi connectivity index (χ0) is 15.3. The molecule has 1 saturated carbocycles. The molecule has 1 aliphatic carbocycles. The Morgan fingerprint density at radius 3 is 2.62 bits per heavy atom. The summed E-state index contributed by atoms with van der Waals surface area (Å²) in [6, 6.07) is 0.205. The molecule has 0 radical (unpaired) electrons. The Labute approximate surface area is 128 Å². The molecule has 1 amide bonds. The van der Waals surface area contributed by atoms with Crippen molar-refractivity contribution in [3.8, 4) is 0 Å². The zero-order valence-electron chi connectivity index (χ0n) is 13.6. The molecule has 0 aromatic rings. The molecule has 122 valence electrons. The second-order valence-electron chi connectivity index (χ2n) is 7.10. The maximum Gasteiger partial charge on any atom is 0.220 e. The quantitative estimate of drug-likeness (QED) is 0.798. The van der Waals surface area contributed by atoms with Crippen LogP contribution in [0, 0.1) is 5.92 Å². The molecule has 5 heteroatoms. The first-order chi connectivity index (χ1) is 9.99. The molecule has 2 rings (SSSR count). The number of morpholine rings is 1. The maximum atomic E-state index is 12.2. The van der Waals surface area contributed by atoms with Crippen molar-refractivity contribution in [1.82, 2.24) is 10.2 Å². The maximum absolute atomic E-state index is 12.2. The standard InChI is InChI=1S/C16H31N3O2/c1-16(2,19-7-9-21-10-8-19)12-18-15(20)11-13-5-3-4-6-14(13)17/h13-14H,3-12,17H2,1-2H3,(H,18,20). The molecular weight excluding hydrogens is 266 g/mol. The number of nitrogens with two attached hydrogens (primary N) is 1. The normalized spacial score (nSPS) is 28.3. The second kappa shape index (κ2) is 7.56. The average Bonchev–Trinajstić information content (AvgIpc) is 2.49. The number of nitrogens with zero attached hydrogens (tertiary/aromatic N) is 1. The fraction of sp³-hybridized carbons (Fsp3) is 0.938. The van der Waals surface area contributed by atoms with Gasteiger partial charge in [-0.05, 0) is 32.6 Å². The van der Waals surface area contributed by atoms with Crippen LogP contribution in [0.15, 0.2) is 0 Å². The van der Waals surface area contributed by atoms with Gasteiger partial charge in [-0.15, -0.1) is 0 Å². The lowest BCUT2D eigenvalue weighted by Crippen LogP contribution is -2.55. The van der Waals surface area contributed by atoms with E-state index in [1.54, 1.807) is 0 Å². The van der Waals surface area contributed by atoms with Crippen LogP contribution in [0.1, 0.15) is 46.0 Å². The van der Waals surface area contributed by atoms with Gasteiger partial charge in [-0.2, -0.15) is 0 Å². The Hall–Kier alpha value is -0.650. The van der Waals surface area contributed by atoms with E-state index >= 15 is 0 Å². The van der Waals surface area contributed by atoms with Crippen LogP contribution in [0.25, 0.3) is 0 Å². The molecule has 2 aliphatic rings. The van der Waals surface area contributed by atoms with Gasteiger partial charge in [0.25, 0.3) is 0 Å². The number of carbonyl (C=O) groups is 1. The summed E-state index contributed by atoms with van der Waals surface area (Å²) >= 11 is 0. The Morgan fingerprint density at radius 1 is 1.29 bits per heavy atom. The van der Waals surface area contributed by atoms with E-state index in [0.717, 1.165) is 39.1 Å². The highest BCUT2D eigenvalue weighted by atomic mass is 16.5. The van der Waals surface area contributed by atoms with E-state index in [4.69, 9.17) is 10.5 Å². The van der Waals surface area contributed by atoms with Crippen molar-refractivity contribution in [1.29, 1.82) is 0 Å². The van der Waals surface area contributed by atoms with Gasteiger partial charge in [0, 0.05) is 37.6 Å². The highest BCUT2D eigenvalue weighted by molar-refractivity contribution is 5.76. The number of ether oxygens (including phenoxy) is 1. The molecule has 1 heterocycles. The van der Waals surface area contributed by atoms with Crippen LogP contribution in [0.4, 0.5) is 0 Å². The largest absolute Gasteiger partial charge is 0.379 e. The first kappa shape index (κ1) is 16.7. The van der Waals surface area contributed by atoms with E-state index in [2.05, 4.69) is 24.1 Å². The van der Waals surface area contributed by atoms with E-state index < -0.39 is 0 Å². The van der Waals surface area contributed by atoms with Gasteiger partial charge in [0.1, 0.15) is 0 Å². The van der Waals surface area contributed by atoms with Crippen LogP contribution in [-0.4, -0.2) is 55.2 Å². The number of hydrogen-bond acceptors (Lipinski definition) is 4. The van der Waals surface area contributed by atoms with Crippen LogP contribution >= 0.6 is 0 Å². The van der Waals surface area contributed by atoms with Gasteiger partial charge in [0.15, 0.2) is 0 Å². The van der Waals surface area contributed by atoms with E-state index in [0.29, 0.717) is 18.9 Å². The lowest BCUT2D eigenvalue weighted by atomic mass is 9.83. The summed E-state index contributed by atoms with van der Waals surface area (Å²) in [6.07, 6.45) is 5.17. The second-order valence-corrected chi connectivity index (χ2v) is 7.10. The van der Waals surface area contributed by atoms with Crippen molar-refractivity contribution in [3.05, 3.63) is 0 Å². The van der Waals surface area contributed by atoms with Gasteiger partial charge in [-0.25, -0.2) is 0 Å². The van der Waals surface area contributed by atoms with Crippen LogP contribution in [-0.2, 0) is 9.53 Å². The molecule has 5 nitrogen and oxygen atoms in total. The van der Waals surface area contributed by atoms with E-state index in [1.165, 1.54) is 12.8 Å². The van der Waals surface area contributed by atoms with Crippen LogP contribution in [0.3, 0.4) is 0 Å². The molecule has 1 aliphatic heterocycles. The average molecular weight is 297 g/mol. The molecule has 2 unspecified atom stereocenters. The van der Waals surface area contributed by atoms with Gasteiger partial charge in [-0.1, -0.05) is 12.8 Å². The van der Waals surface area contributed by atoms with Crippen molar-refractivity contribution < 1.29 is 9.53 Å². The summed E-state index contributed by atoms with van der Waals surface area (Å²) in [5, 5.41) is 3.11. The number of rotatable bonds is 5. The molecule has 0 spiro atoms. The van der Waals surface area contributed by atoms with Crippen molar-refractivity contribution in [2.75, 3.05) is 32.8 Å². The third kappa shape index (κ3) is 4.94. The summed E-state index contributed by atoms with van der Waals surface area (Å²) in [5.41, 5.74) is 6.10. The van der Waals surface area contributed by atoms with E-state index in [-0.39, 0.29) is 17.5 Å². The van der Waals surface area contributed by atoms with Crippen molar-refractivity contribution >= 4 is 5.91 Å². The van der Waals surface area contributed by atoms with Crippen LogP contribution in [0.2, 0.25) is 0 Å². The first-order valence-electron chi connectivity index (χ1n) is 8.34. The first-order valence-corrected chi connectivity index (χ1v) is 8.34. The van der Waals surface area contributed by atoms with Gasteiger partial charge < -0.3 is 15.8 Å². The highest BCUT2D eigenvalue weighted by Gasteiger charge is 2.29. The van der Waals surface area contributed by atoms with Gasteiger partial charge in [-0.3, -0.25) is 9.69 Å². The third-order valence-corrected chi connectivity index (χ3v) is 5.00. The summed E-state index contributed by atoms with van der Waals surface area (Å²) in [6.45, 7) is 8.51. The monoisotopic (exact) mass is 297 g/mol. The summed E-state index contributed by atoms with van der Waals surface area (Å²) in [4.78, 5) is 14.6. The molecule has 0 aromatic heterocycles. The van der Waals surface area contributed by atoms with Gasteiger partial charge in [0.05, 0.1) is 13.2 Å².